The maximum absolute atomic E-state index is 11.5. The van der Waals surface area contributed by atoms with Crippen LogP contribution in [0, 0.1) is 11.3 Å². The molecule has 1 aromatic carbocycles. The molecule has 0 saturated carbocycles. The van der Waals surface area contributed by atoms with Crippen molar-refractivity contribution in [2.45, 2.75) is 0 Å². The lowest BCUT2D eigenvalue weighted by atomic mass is 10.2. The maximum Gasteiger partial charge on any atom is 0.354 e. The van der Waals surface area contributed by atoms with Crippen LogP contribution in [0.15, 0.2) is 36.0 Å². The van der Waals surface area contributed by atoms with Gasteiger partial charge in [0.1, 0.15) is 5.70 Å². The van der Waals surface area contributed by atoms with Crippen molar-refractivity contribution >= 4 is 17.6 Å². The molecule has 0 spiro atoms. The molecule has 0 aliphatic carbocycles. The second-order valence-corrected chi connectivity index (χ2v) is 3.39. The molecular formula is C13H12N2O4. The first kappa shape index (κ1) is 14.3. The van der Waals surface area contributed by atoms with E-state index < -0.39 is 11.9 Å². The van der Waals surface area contributed by atoms with Gasteiger partial charge < -0.3 is 14.8 Å². The van der Waals surface area contributed by atoms with Gasteiger partial charge in [-0.2, -0.15) is 5.26 Å². The van der Waals surface area contributed by atoms with Gasteiger partial charge in [0.25, 0.3) is 0 Å². The first-order valence-corrected chi connectivity index (χ1v) is 5.26. The van der Waals surface area contributed by atoms with Crippen molar-refractivity contribution < 1.29 is 19.1 Å². The Kier molecular flexibility index (Phi) is 5.11. The number of esters is 2. The van der Waals surface area contributed by atoms with Crippen molar-refractivity contribution in [2.75, 3.05) is 19.5 Å². The molecule has 0 radical (unpaired) electrons. The molecule has 0 atom stereocenters. The summed E-state index contributed by atoms with van der Waals surface area (Å²) in [6, 6.07) is 8.42. The molecule has 0 aromatic heterocycles. The minimum atomic E-state index is -0.715. The summed E-state index contributed by atoms with van der Waals surface area (Å²) in [5, 5.41) is 11.5. The van der Waals surface area contributed by atoms with E-state index in [0.29, 0.717) is 11.3 Å². The Labute approximate surface area is 110 Å². The lowest BCUT2D eigenvalue weighted by Gasteiger charge is -2.08. The summed E-state index contributed by atoms with van der Waals surface area (Å²) in [4.78, 5) is 22.7. The average molecular weight is 260 g/mol. The quantitative estimate of drug-likeness (QED) is 0.646. The number of hydrogen-bond donors (Lipinski definition) is 1. The molecule has 1 aromatic rings. The number of carbonyl (C=O) groups excluding carboxylic acids is 2. The van der Waals surface area contributed by atoms with E-state index >= 15 is 0 Å². The number of methoxy groups -OCH3 is 2. The molecule has 0 saturated heterocycles. The van der Waals surface area contributed by atoms with Crippen LogP contribution in [0.3, 0.4) is 0 Å². The van der Waals surface area contributed by atoms with Gasteiger partial charge in [0.05, 0.1) is 31.9 Å². The lowest BCUT2D eigenvalue weighted by Crippen LogP contribution is -2.15. The number of ether oxygens (including phenoxy) is 2. The third-order valence-electron chi connectivity index (χ3n) is 2.14. The number of benzene rings is 1. The molecule has 6 nitrogen and oxygen atoms in total. The molecule has 0 aliphatic heterocycles. The fraction of sp³-hybridized carbons (Fsp3) is 0.154. The Morgan fingerprint density at radius 2 is 2.05 bits per heavy atom. The van der Waals surface area contributed by atoms with Gasteiger partial charge in [-0.3, -0.25) is 0 Å². The zero-order valence-electron chi connectivity index (χ0n) is 10.5. The van der Waals surface area contributed by atoms with Crippen LogP contribution in [0.1, 0.15) is 5.56 Å². The van der Waals surface area contributed by atoms with Crippen LogP contribution in [-0.4, -0.2) is 26.2 Å². The Morgan fingerprint density at radius 3 is 2.63 bits per heavy atom. The third kappa shape index (κ3) is 4.16. The highest BCUT2D eigenvalue weighted by Gasteiger charge is 2.12. The summed E-state index contributed by atoms with van der Waals surface area (Å²) >= 11 is 0. The normalized spacial score (nSPS) is 10.3. The summed E-state index contributed by atoms with van der Waals surface area (Å²) in [6.07, 6.45) is 0.977. The van der Waals surface area contributed by atoms with Crippen LogP contribution in [0.4, 0.5) is 5.69 Å². The molecule has 1 N–H and O–H groups in total. The van der Waals surface area contributed by atoms with Gasteiger partial charge >= 0.3 is 11.9 Å². The van der Waals surface area contributed by atoms with Crippen molar-refractivity contribution in [1.82, 2.24) is 0 Å². The van der Waals surface area contributed by atoms with E-state index in [2.05, 4.69) is 14.8 Å². The van der Waals surface area contributed by atoms with Crippen LogP contribution in [-0.2, 0) is 19.1 Å². The summed E-state index contributed by atoms with van der Waals surface area (Å²) in [5.41, 5.74) is 0.830. The minimum Gasteiger partial charge on any atom is -0.466 e. The number of nitriles is 1. The average Bonchev–Trinajstić information content (AvgIpc) is 2.45. The summed E-state index contributed by atoms with van der Waals surface area (Å²) in [5.74, 6) is -1.41. The second-order valence-electron chi connectivity index (χ2n) is 3.39. The standard InChI is InChI=1S/C13H12N2O4/c1-18-12(16)7-11(13(17)19-2)15-10-5-3-4-9(6-10)8-14/h3-7,15H,1-2H3/b11-7+. The molecule has 98 valence electrons. The van der Waals surface area contributed by atoms with E-state index in [1.807, 2.05) is 6.07 Å². The maximum atomic E-state index is 11.5. The van der Waals surface area contributed by atoms with Crippen molar-refractivity contribution in [3.05, 3.63) is 41.6 Å². The van der Waals surface area contributed by atoms with Crippen molar-refractivity contribution in [1.29, 1.82) is 5.26 Å². The molecule has 0 unspecified atom stereocenters. The number of hydrogen-bond acceptors (Lipinski definition) is 6. The molecule has 19 heavy (non-hydrogen) atoms. The Hall–Kier alpha value is -2.81. The highest BCUT2D eigenvalue weighted by Crippen LogP contribution is 2.13. The van der Waals surface area contributed by atoms with Crippen LogP contribution in [0.5, 0.6) is 0 Å². The molecule has 0 fully saturated rings. The monoisotopic (exact) mass is 260 g/mol. The van der Waals surface area contributed by atoms with E-state index in [-0.39, 0.29) is 5.70 Å². The largest absolute Gasteiger partial charge is 0.466 e. The van der Waals surface area contributed by atoms with Gasteiger partial charge in [0.15, 0.2) is 0 Å². The molecule has 6 heteroatoms. The Morgan fingerprint density at radius 1 is 1.32 bits per heavy atom. The van der Waals surface area contributed by atoms with Gasteiger partial charge in [-0.1, -0.05) is 6.07 Å². The molecule has 0 aliphatic rings. The number of nitrogens with one attached hydrogen (secondary N) is 1. The Bertz CT molecular complexity index is 558. The predicted octanol–water partition coefficient (Wildman–Crippen LogP) is 1.20. The number of rotatable bonds is 4. The number of anilines is 1. The lowest BCUT2D eigenvalue weighted by molar-refractivity contribution is -0.138. The third-order valence-corrected chi connectivity index (χ3v) is 2.14. The van der Waals surface area contributed by atoms with Crippen LogP contribution in [0.25, 0.3) is 0 Å². The van der Waals surface area contributed by atoms with E-state index in [0.717, 1.165) is 6.08 Å². The zero-order chi connectivity index (χ0) is 14.3. The van der Waals surface area contributed by atoms with E-state index in [4.69, 9.17) is 5.26 Å². The molecule has 0 amide bonds. The topological polar surface area (TPSA) is 88.4 Å². The minimum absolute atomic E-state index is 0.0792. The van der Waals surface area contributed by atoms with Gasteiger partial charge in [-0.15, -0.1) is 0 Å². The summed E-state index contributed by atoms with van der Waals surface area (Å²) in [7, 11) is 2.39. The summed E-state index contributed by atoms with van der Waals surface area (Å²) < 4.78 is 8.99. The first-order chi connectivity index (χ1) is 9.10. The van der Waals surface area contributed by atoms with Gasteiger partial charge in [-0.25, -0.2) is 9.59 Å². The predicted molar refractivity (Wildman–Crippen MR) is 66.9 cm³/mol. The zero-order valence-corrected chi connectivity index (χ0v) is 10.5. The van der Waals surface area contributed by atoms with Crippen LogP contribution in [0.2, 0.25) is 0 Å². The smallest absolute Gasteiger partial charge is 0.354 e. The van der Waals surface area contributed by atoms with E-state index in [1.54, 1.807) is 18.2 Å². The number of nitrogens with zero attached hydrogens (tertiary/aromatic N) is 1. The van der Waals surface area contributed by atoms with Crippen LogP contribution >= 0.6 is 0 Å². The first-order valence-electron chi connectivity index (χ1n) is 5.26. The summed E-state index contributed by atoms with van der Waals surface area (Å²) in [6.45, 7) is 0. The molecule has 1 rings (SSSR count). The van der Waals surface area contributed by atoms with E-state index in [1.165, 1.54) is 20.3 Å². The fourth-order valence-electron chi connectivity index (χ4n) is 1.25. The Balaban J connectivity index is 3.01. The van der Waals surface area contributed by atoms with Gasteiger partial charge in [0.2, 0.25) is 0 Å². The van der Waals surface area contributed by atoms with Crippen LogP contribution < -0.4 is 5.32 Å². The van der Waals surface area contributed by atoms with Crippen molar-refractivity contribution in [3.8, 4) is 6.07 Å². The van der Waals surface area contributed by atoms with E-state index in [9.17, 15) is 9.59 Å². The van der Waals surface area contributed by atoms with Gasteiger partial charge in [-0.05, 0) is 18.2 Å². The van der Waals surface area contributed by atoms with Gasteiger partial charge in [0, 0.05) is 5.69 Å². The molecule has 0 heterocycles. The SMILES string of the molecule is COC(=O)/C=C(/Nc1cccc(C#N)c1)C(=O)OC. The molecule has 0 bridgehead atoms. The fourth-order valence-corrected chi connectivity index (χ4v) is 1.25. The molecular weight excluding hydrogens is 248 g/mol. The van der Waals surface area contributed by atoms with Crippen molar-refractivity contribution in [3.63, 3.8) is 0 Å². The highest BCUT2D eigenvalue weighted by molar-refractivity contribution is 5.98. The number of carbonyl (C=O) groups is 2. The highest BCUT2D eigenvalue weighted by atomic mass is 16.5. The second kappa shape index (κ2) is 6.81. The van der Waals surface area contributed by atoms with Crippen molar-refractivity contribution in [2.24, 2.45) is 0 Å².